The number of ether oxygens (including phenoxy) is 1. The van der Waals surface area contributed by atoms with Crippen molar-refractivity contribution in [3.63, 3.8) is 0 Å². The van der Waals surface area contributed by atoms with Crippen LogP contribution < -0.4 is 0 Å². The highest BCUT2D eigenvalue weighted by Gasteiger charge is 2.13. The molecule has 0 saturated carbocycles. The van der Waals surface area contributed by atoms with E-state index < -0.39 is 11.8 Å². The lowest BCUT2D eigenvalue weighted by Gasteiger charge is -2.04. The Hall–Kier alpha value is -1.89. The molecule has 0 heterocycles. The fraction of sp³-hybridized carbons (Fsp3) is 0.200. The van der Waals surface area contributed by atoms with Gasteiger partial charge in [0.15, 0.2) is 0 Å². The van der Waals surface area contributed by atoms with Crippen LogP contribution in [-0.2, 0) is 4.74 Å². The van der Waals surface area contributed by atoms with Gasteiger partial charge in [-0.25, -0.2) is 9.18 Å². The molecule has 0 fully saturated rings. The largest absolute Gasteiger partial charge is 0.465 e. The van der Waals surface area contributed by atoms with Gasteiger partial charge in [0.25, 0.3) is 0 Å². The van der Waals surface area contributed by atoms with Crippen LogP contribution in [0.2, 0.25) is 0 Å². The van der Waals surface area contributed by atoms with E-state index in [1.165, 1.54) is 13.2 Å². The second-order valence-electron chi connectivity index (χ2n) is 2.75. The molecule has 0 aromatic heterocycles. The molecule has 3 nitrogen and oxygen atoms in total. The maximum absolute atomic E-state index is 13.0. The minimum Gasteiger partial charge on any atom is -0.465 e. The summed E-state index contributed by atoms with van der Waals surface area (Å²) in [7, 11) is 1.23. The van der Waals surface area contributed by atoms with Gasteiger partial charge in [-0.3, -0.25) is 0 Å². The first-order valence-electron chi connectivity index (χ1n) is 3.88. The van der Waals surface area contributed by atoms with E-state index in [0.29, 0.717) is 5.56 Å². The van der Waals surface area contributed by atoms with Crippen LogP contribution in [0.1, 0.15) is 21.5 Å². The predicted octanol–water partition coefficient (Wildman–Crippen LogP) is 1.79. The molecule has 0 spiro atoms. The van der Waals surface area contributed by atoms with Crippen molar-refractivity contribution >= 4 is 5.97 Å². The van der Waals surface area contributed by atoms with Crippen molar-refractivity contribution < 1.29 is 13.9 Å². The number of carbonyl (C=O) groups is 1. The Bertz CT molecular complexity index is 421. The summed E-state index contributed by atoms with van der Waals surface area (Å²) in [5, 5.41) is 8.55. The number of aryl methyl sites for hydroxylation is 1. The van der Waals surface area contributed by atoms with Crippen LogP contribution in [-0.4, -0.2) is 13.1 Å². The van der Waals surface area contributed by atoms with Gasteiger partial charge in [-0.1, -0.05) is 0 Å². The van der Waals surface area contributed by atoms with Gasteiger partial charge in [-0.15, -0.1) is 0 Å². The Morgan fingerprint density at radius 2 is 2.21 bits per heavy atom. The van der Waals surface area contributed by atoms with Crippen molar-refractivity contribution in [1.29, 1.82) is 5.26 Å². The first kappa shape index (κ1) is 10.2. The monoisotopic (exact) mass is 193 g/mol. The molecule has 0 amide bonds. The van der Waals surface area contributed by atoms with Crippen molar-refractivity contribution in [2.24, 2.45) is 0 Å². The molecule has 4 heteroatoms. The fourth-order valence-corrected chi connectivity index (χ4v) is 1.09. The van der Waals surface area contributed by atoms with Crippen LogP contribution >= 0.6 is 0 Å². The van der Waals surface area contributed by atoms with Crippen LogP contribution in [0.25, 0.3) is 0 Å². The topological polar surface area (TPSA) is 50.1 Å². The highest BCUT2D eigenvalue weighted by Crippen LogP contribution is 2.15. The predicted molar refractivity (Wildman–Crippen MR) is 47.2 cm³/mol. The molecule has 0 aliphatic rings. The summed E-state index contributed by atoms with van der Waals surface area (Å²) in [6, 6.07) is 3.99. The molecule has 0 radical (unpaired) electrons. The third-order valence-corrected chi connectivity index (χ3v) is 1.84. The molecule has 1 aromatic rings. The molecule has 0 bridgehead atoms. The number of methoxy groups -OCH3 is 1. The SMILES string of the molecule is COC(=O)c1cc(C#N)c(F)cc1C. The van der Waals surface area contributed by atoms with E-state index in [1.807, 2.05) is 0 Å². The zero-order valence-corrected chi connectivity index (χ0v) is 7.80. The minimum absolute atomic E-state index is 0.156. The molecule has 1 rings (SSSR count). The van der Waals surface area contributed by atoms with E-state index in [1.54, 1.807) is 13.0 Å². The average Bonchev–Trinajstić information content (AvgIpc) is 2.17. The van der Waals surface area contributed by atoms with Gasteiger partial charge < -0.3 is 4.74 Å². The van der Waals surface area contributed by atoms with Gasteiger partial charge in [-0.05, 0) is 24.6 Å². The Morgan fingerprint density at radius 3 is 2.71 bits per heavy atom. The van der Waals surface area contributed by atoms with E-state index in [4.69, 9.17) is 5.26 Å². The van der Waals surface area contributed by atoms with Crippen LogP contribution in [0, 0.1) is 24.1 Å². The van der Waals surface area contributed by atoms with Gasteiger partial charge in [0.2, 0.25) is 0 Å². The van der Waals surface area contributed by atoms with Crippen LogP contribution in [0.3, 0.4) is 0 Å². The Kier molecular flexibility index (Phi) is 2.82. The standard InChI is InChI=1S/C10H8FNO2/c1-6-3-9(11)7(5-12)4-8(6)10(13)14-2/h3-4H,1-2H3. The third-order valence-electron chi connectivity index (χ3n) is 1.84. The van der Waals surface area contributed by atoms with Crippen molar-refractivity contribution in [2.75, 3.05) is 7.11 Å². The van der Waals surface area contributed by atoms with E-state index in [0.717, 1.165) is 6.07 Å². The molecule has 0 unspecified atom stereocenters. The highest BCUT2D eigenvalue weighted by molar-refractivity contribution is 5.91. The summed E-state index contributed by atoms with van der Waals surface area (Å²) in [6.45, 7) is 1.58. The summed E-state index contributed by atoms with van der Waals surface area (Å²) in [6.07, 6.45) is 0. The Morgan fingerprint density at radius 1 is 1.57 bits per heavy atom. The number of nitriles is 1. The van der Waals surface area contributed by atoms with Gasteiger partial charge in [0.1, 0.15) is 11.9 Å². The van der Waals surface area contributed by atoms with Crippen LogP contribution in [0.5, 0.6) is 0 Å². The maximum atomic E-state index is 13.0. The minimum atomic E-state index is -0.627. The molecular weight excluding hydrogens is 185 g/mol. The Labute approximate surface area is 80.7 Å². The van der Waals surface area contributed by atoms with E-state index >= 15 is 0 Å². The van der Waals surface area contributed by atoms with Gasteiger partial charge in [0.05, 0.1) is 18.2 Å². The van der Waals surface area contributed by atoms with E-state index in [9.17, 15) is 9.18 Å². The summed E-state index contributed by atoms with van der Waals surface area (Å²) >= 11 is 0. The summed E-state index contributed by atoms with van der Waals surface area (Å²) < 4.78 is 17.5. The third kappa shape index (κ3) is 1.72. The lowest BCUT2D eigenvalue weighted by molar-refractivity contribution is 0.0600. The van der Waals surface area contributed by atoms with E-state index in [2.05, 4.69) is 4.74 Å². The van der Waals surface area contributed by atoms with Crippen LogP contribution in [0.15, 0.2) is 12.1 Å². The van der Waals surface area contributed by atoms with Gasteiger partial charge in [-0.2, -0.15) is 5.26 Å². The zero-order chi connectivity index (χ0) is 10.7. The number of halogens is 1. The van der Waals surface area contributed by atoms with Gasteiger partial charge in [0, 0.05) is 0 Å². The number of hydrogen-bond donors (Lipinski definition) is 0. The first-order valence-corrected chi connectivity index (χ1v) is 3.88. The second-order valence-corrected chi connectivity index (χ2v) is 2.75. The summed E-state index contributed by atoms with van der Waals surface area (Å²) in [5.74, 6) is -1.20. The zero-order valence-electron chi connectivity index (χ0n) is 7.80. The summed E-state index contributed by atoms with van der Waals surface area (Å²) in [4.78, 5) is 11.2. The number of carbonyl (C=O) groups excluding carboxylic acids is 1. The Balaban J connectivity index is 3.33. The lowest BCUT2D eigenvalue weighted by atomic mass is 10.1. The normalized spacial score (nSPS) is 9.29. The van der Waals surface area contributed by atoms with Gasteiger partial charge >= 0.3 is 5.97 Å². The quantitative estimate of drug-likeness (QED) is 0.639. The van der Waals surface area contributed by atoms with Crippen LogP contribution in [0.4, 0.5) is 4.39 Å². The molecule has 0 atom stereocenters. The van der Waals surface area contributed by atoms with Crippen molar-refractivity contribution in [1.82, 2.24) is 0 Å². The molecule has 72 valence electrons. The number of nitrogens with zero attached hydrogens (tertiary/aromatic N) is 1. The smallest absolute Gasteiger partial charge is 0.338 e. The molecule has 14 heavy (non-hydrogen) atoms. The molecule has 0 aliphatic heterocycles. The number of rotatable bonds is 1. The lowest BCUT2D eigenvalue weighted by Crippen LogP contribution is -2.05. The fourth-order valence-electron chi connectivity index (χ4n) is 1.09. The molecule has 0 saturated heterocycles. The average molecular weight is 193 g/mol. The first-order chi connectivity index (χ1) is 6.60. The number of benzene rings is 1. The number of hydrogen-bond acceptors (Lipinski definition) is 3. The summed E-state index contributed by atoms with van der Waals surface area (Å²) in [5.41, 5.74) is 0.509. The van der Waals surface area contributed by atoms with Crippen molar-refractivity contribution in [3.05, 3.63) is 34.6 Å². The molecular formula is C10H8FNO2. The molecule has 0 aliphatic carbocycles. The highest BCUT2D eigenvalue weighted by atomic mass is 19.1. The van der Waals surface area contributed by atoms with Crippen molar-refractivity contribution in [3.8, 4) is 6.07 Å². The van der Waals surface area contributed by atoms with Crippen molar-refractivity contribution in [2.45, 2.75) is 6.92 Å². The second kappa shape index (κ2) is 3.88. The number of esters is 1. The van der Waals surface area contributed by atoms with E-state index in [-0.39, 0.29) is 11.1 Å². The maximum Gasteiger partial charge on any atom is 0.338 e. The molecule has 1 aromatic carbocycles. The molecule has 0 N–H and O–H groups in total.